The van der Waals surface area contributed by atoms with Crippen molar-refractivity contribution in [3.05, 3.63) is 16.1 Å². The SMILES string of the molecule is COCCCCCNCc1scnc1C. The van der Waals surface area contributed by atoms with E-state index in [1.807, 2.05) is 5.51 Å². The molecule has 1 aromatic rings. The summed E-state index contributed by atoms with van der Waals surface area (Å²) in [7, 11) is 1.75. The number of thiazole rings is 1. The molecule has 0 aliphatic heterocycles. The highest BCUT2D eigenvalue weighted by atomic mass is 32.1. The van der Waals surface area contributed by atoms with Gasteiger partial charge < -0.3 is 10.1 Å². The Labute approximate surface area is 95.9 Å². The first-order chi connectivity index (χ1) is 7.34. The molecule has 0 spiro atoms. The molecular weight excluding hydrogens is 208 g/mol. The number of unbranched alkanes of at least 4 members (excludes halogenated alkanes) is 2. The van der Waals surface area contributed by atoms with Crippen LogP contribution in [-0.2, 0) is 11.3 Å². The van der Waals surface area contributed by atoms with E-state index in [1.165, 1.54) is 17.7 Å². The van der Waals surface area contributed by atoms with Crippen LogP contribution in [0.25, 0.3) is 0 Å². The lowest BCUT2D eigenvalue weighted by molar-refractivity contribution is 0.192. The van der Waals surface area contributed by atoms with Gasteiger partial charge in [0.15, 0.2) is 0 Å². The Balaban J connectivity index is 1.96. The minimum Gasteiger partial charge on any atom is -0.385 e. The third kappa shape index (κ3) is 5.25. The van der Waals surface area contributed by atoms with Crippen molar-refractivity contribution in [3.8, 4) is 0 Å². The number of aromatic nitrogens is 1. The molecule has 0 amide bonds. The van der Waals surface area contributed by atoms with Crippen molar-refractivity contribution in [2.75, 3.05) is 20.3 Å². The summed E-state index contributed by atoms with van der Waals surface area (Å²) in [6.07, 6.45) is 3.63. The number of nitrogens with one attached hydrogen (secondary N) is 1. The molecule has 0 bridgehead atoms. The van der Waals surface area contributed by atoms with Crippen molar-refractivity contribution in [2.24, 2.45) is 0 Å². The van der Waals surface area contributed by atoms with E-state index >= 15 is 0 Å². The number of methoxy groups -OCH3 is 1. The van der Waals surface area contributed by atoms with Gasteiger partial charge in [-0.05, 0) is 32.7 Å². The monoisotopic (exact) mass is 228 g/mol. The van der Waals surface area contributed by atoms with Gasteiger partial charge in [-0.1, -0.05) is 0 Å². The molecule has 86 valence electrons. The van der Waals surface area contributed by atoms with E-state index in [-0.39, 0.29) is 0 Å². The van der Waals surface area contributed by atoms with Crippen LogP contribution in [0.4, 0.5) is 0 Å². The van der Waals surface area contributed by atoms with Gasteiger partial charge in [-0.3, -0.25) is 0 Å². The molecule has 1 rings (SSSR count). The summed E-state index contributed by atoms with van der Waals surface area (Å²) in [5.74, 6) is 0. The zero-order valence-electron chi connectivity index (χ0n) is 9.58. The molecule has 0 saturated heterocycles. The first-order valence-corrected chi connectivity index (χ1v) is 6.31. The van der Waals surface area contributed by atoms with Crippen LogP contribution in [0.2, 0.25) is 0 Å². The Kier molecular flexibility index (Phi) is 6.55. The molecule has 0 atom stereocenters. The molecule has 4 heteroatoms. The number of hydrogen-bond donors (Lipinski definition) is 1. The zero-order valence-corrected chi connectivity index (χ0v) is 10.4. The van der Waals surface area contributed by atoms with Crippen LogP contribution in [0.1, 0.15) is 29.8 Å². The minimum absolute atomic E-state index is 0.883. The first-order valence-electron chi connectivity index (χ1n) is 5.43. The summed E-state index contributed by atoms with van der Waals surface area (Å²) in [6.45, 7) is 4.99. The highest BCUT2D eigenvalue weighted by molar-refractivity contribution is 7.09. The van der Waals surface area contributed by atoms with Crippen molar-refractivity contribution >= 4 is 11.3 Å². The molecule has 0 unspecified atom stereocenters. The maximum atomic E-state index is 5.00. The van der Waals surface area contributed by atoms with Gasteiger partial charge in [0.05, 0.1) is 11.2 Å². The molecule has 0 aromatic carbocycles. The normalized spacial score (nSPS) is 10.8. The zero-order chi connectivity index (χ0) is 10.9. The molecule has 1 heterocycles. The molecule has 0 aliphatic rings. The third-order valence-corrected chi connectivity index (χ3v) is 3.27. The quantitative estimate of drug-likeness (QED) is 0.694. The molecule has 15 heavy (non-hydrogen) atoms. The summed E-state index contributed by atoms with van der Waals surface area (Å²) in [5, 5.41) is 3.44. The Bertz CT molecular complexity index is 263. The van der Waals surface area contributed by atoms with Crippen molar-refractivity contribution in [1.82, 2.24) is 10.3 Å². The van der Waals surface area contributed by atoms with E-state index in [0.717, 1.165) is 31.8 Å². The summed E-state index contributed by atoms with van der Waals surface area (Å²) in [4.78, 5) is 5.57. The van der Waals surface area contributed by atoms with Gasteiger partial charge in [-0.25, -0.2) is 4.98 Å². The van der Waals surface area contributed by atoms with Gasteiger partial charge in [0, 0.05) is 25.1 Å². The van der Waals surface area contributed by atoms with Crippen LogP contribution in [0.15, 0.2) is 5.51 Å². The summed E-state index contributed by atoms with van der Waals surface area (Å²) >= 11 is 1.73. The molecular formula is C11H20N2OS. The van der Waals surface area contributed by atoms with Crippen LogP contribution >= 0.6 is 11.3 Å². The Morgan fingerprint density at radius 3 is 2.93 bits per heavy atom. The second-order valence-electron chi connectivity index (χ2n) is 3.59. The lowest BCUT2D eigenvalue weighted by atomic mass is 10.2. The second kappa shape index (κ2) is 7.79. The van der Waals surface area contributed by atoms with Gasteiger partial charge in [0.2, 0.25) is 0 Å². The van der Waals surface area contributed by atoms with Crippen LogP contribution in [0.5, 0.6) is 0 Å². The number of aryl methyl sites for hydroxylation is 1. The maximum Gasteiger partial charge on any atom is 0.0798 e. The predicted molar refractivity (Wildman–Crippen MR) is 64.3 cm³/mol. The topological polar surface area (TPSA) is 34.1 Å². The molecule has 0 aliphatic carbocycles. The lowest BCUT2D eigenvalue weighted by Crippen LogP contribution is -2.14. The largest absolute Gasteiger partial charge is 0.385 e. The Hall–Kier alpha value is -0.450. The van der Waals surface area contributed by atoms with Crippen LogP contribution in [-0.4, -0.2) is 25.2 Å². The van der Waals surface area contributed by atoms with E-state index in [4.69, 9.17) is 4.74 Å². The fourth-order valence-electron chi connectivity index (χ4n) is 1.37. The highest BCUT2D eigenvalue weighted by Crippen LogP contribution is 2.11. The first kappa shape index (κ1) is 12.6. The number of hydrogen-bond acceptors (Lipinski definition) is 4. The molecule has 0 saturated carbocycles. The van der Waals surface area contributed by atoms with Crippen LogP contribution in [0, 0.1) is 6.92 Å². The smallest absolute Gasteiger partial charge is 0.0798 e. The predicted octanol–water partition coefficient (Wildman–Crippen LogP) is 2.36. The number of nitrogens with zero attached hydrogens (tertiary/aromatic N) is 1. The maximum absolute atomic E-state index is 5.00. The molecule has 1 N–H and O–H groups in total. The summed E-state index contributed by atoms with van der Waals surface area (Å²) in [5.41, 5.74) is 3.07. The van der Waals surface area contributed by atoms with E-state index < -0.39 is 0 Å². The van der Waals surface area contributed by atoms with Gasteiger partial charge in [0.25, 0.3) is 0 Å². The molecule has 1 aromatic heterocycles. The molecule has 0 radical (unpaired) electrons. The van der Waals surface area contributed by atoms with Gasteiger partial charge in [0.1, 0.15) is 0 Å². The highest BCUT2D eigenvalue weighted by Gasteiger charge is 1.99. The van der Waals surface area contributed by atoms with E-state index in [2.05, 4.69) is 17.2 Å². The van der Waals surface area contributed by atoms with Crippen LogP contribution < -0.4 is 5.32 Å². The van der Waals surface area contributed by atoms with E-state index in [9.17, 15) is 0 Å². The van der Waals surface area contributed by atoms with Gasteiger partial charge in [-0.2, -0.15) is 0 Å². The summed E-state index contributed by atoms with van der Waals surface area (Å²) < 4.78 is 5.00. The van der Waals surface area contributed by atoms with Crippen molar-refractivity contribution in [2.45, 2.75) is 32.7 Å². The van der Waals surface area contributed by atoms with Crippen molar-refractivity contribution in [3.63, 3.8) is 0 Å². The number of ether oxygens (including phenoxy) is 1. The fraction of sp³-hybridized carbons (Fsp3) is 0.727. The third-order valence-electron chi connectivity index (χ3n) is 2.33. The van der Waals surface area contributed by atoms with Crippen molar-refractivity contribution in [1.29, 1.82) is 0 Å². The lowest BCUT2D eigenvalue weighted by Gasteiger charge is -2.03. The average Bonchev–Trinajstić information content (AvgIpc) is 2.63. The Morgan fingerprint density at radius 2 is 2.27 bits per heavy atom. The second-order valence-corrected chi connectivity index (χ2v) is 4.53. The Morgan fingerprint density at radius 1 is 1.40 bits per heavy atom. The summed E-state index contributed by atoms with van der Waals surface area (Å²) in [6, 6.07) is 0. The van der Waals surface area contributed by atoms with Gasteiger partial charge >= 0.3 is 0 Å². The van der Waals surface area contributed by atoms with E-state index in [1.54, 1.807) is 18.4 Å². The molecule has 3 nitrogen and oxygen atoms in total. The minimum atomic E-state index is 0.883. The van der Waals surface area contributed by atoms with Crippen molar-refractivity contribution < 1.29 is 4.74 Å². The van der Waals surface area contributed by atoms with E-state index in [0.29, 0.717) is 0 Å². The number of rotatable bonds is 8. The average molecular weight is 228 g/mol. The van der Waals surface area contributed by atoms with Gasteiger partial charge in [-0.15, -0.1) is 11.3 Å². The standard InChI is InChI=1S/C11H20N2OS/c1-10-11(15-9-13-10)8-12-6-4-3-5-7-14-2/h9,12H,3-8H2,1-2H3. The fourth-order valence-corrected chi connectivity index (χ4v) is 2.12. The van der Waals surface area contributed by atoms with Crippen LogP contribution in [0.3, 0.4) is 0 Å². The molecule has 0 fully saturated rings.